The third-order valence-electron chi connectivity index (χ3n) is 3.55. The van der Waals surface area contributed by atoms with Gasteiger partial charge in [0.05, 0.1) is 5.69 Å². The number of carbonyl (C=O) groups excluding carboxylic acids is 2. The van der Waals surface area contributed by atoms with Gasteiger partial charge in [0.2, 0.25) is 0 Å². The standard InChI is InChI=1S/C16H13NO3/c1-16(20)13-7-2-3-8-14(13)17(15(16)19)12-6-4-5-11(9-12)10-18/h2-10,20H,1H3. The molecule has 2 aromatic rings. The Bertz CT molecular complexity index is 706. The number of anilines is 2. The average molecular weight is 267 g/mol. The highest BCUT2D eigenvalue weighted by Crippen LogP contribution is 2.43. The fourth-order valence-electron chi connectivity index (χ4n) is 2.52. The molecule has 100 valence electrons. The van der Waals surface area contributed by atoms with Gasteiger partial charge in [-0.3, -0.25) is 14.5 Å². The predicted octanol–water partition coefficient (Wildman–Crippen LogP) is 2.38. The van der Waals surface area contributed by atoms with Gasteiger partial charge in [-0.05, 0) is 25.1 Å². The molecule has 0 radical (unpaired) electrons. The van der Waals surface area contributed by atoms with Crippen LogP contribution in [0.4, 0.5) is 11.4 Å². The van der Waals surface area contributed by atoms with Gasteiger partial charge in [0.1, 0.15) is 6.29 Å². The summed E-state index contributed by atoms with van der Waals surface area (Å²) in [6, 6.07) is 13.9. The summed E-state index contributed by atoms with van der Waals surface area (Å²) in [5, 5.41) is 10.4. The summed E-state index contributed by atoms with van der Waals surface area (Å²) in [4.78, 5) is 24.8. The molecule has 4 nitrogen and oxygen atoms in total. The van der Waals surface area contributed by atoms with Crippen molar-refractivity contribution in [1.29, 1.82) is 0 Å². The first-order valence-corrected chi connectivity index (χ1v) is 6.27. The van der Waals surface area contributed by atoms with Crippen LogP contribution < -0.4 is 4.90 Å². The quantitative estimate of drug-likeness (QED) is 0.850. The Kier molecular flexibility index (Phi) is 2.69. The Morgan fingerprint density at radius 2 is 1.90 bits per heavy atom. The molecule has 0 saturated carbocycles. The SMILES string of the molecule is CC1(O)C(=O)N(c2cccc(C=O)c2)c2ccccc21. The molecule has 1 N–H and O–H groups in total. The zero-order valence-electron chi connectivity index (χ0n) is 10.9. The first kappa shape index (κ1) is 12.6. The largest absolute Gasteiger partial charge is 0.375 e. The average Bonchev–Trinajstić information content (AvgIpc) is 2.67. The van der Waals surface area contributed by atoms with Crippen LogP contribution >= 0.6 is 0 Å². The highest BCUT2D eigenvalue weighted by Gasteiger charge is 2.46. The van der Waals surface area contributed by atoms with Crippen molar-refractivity contribution in [3.05, 3.63) is 59.7 Å². The van der Waals surface area contributed by atoms with Crippen molar-refractivity contribution in [2.24, 2.45) is 0 Å². The van der Waals surface area contributed by atoms with E-state index in [0.29, 0.717) is 22.5 Å². The Morgan fingerprint density at radius 1 is 1.15 bits per heavy atom. The molecule has 1 heterocycles. The second kappa shape index (κ2) is 4.28. The lowest BCUT2D eigenvalue weighted by Gasteiger charge is -2.20. The van der Waals surface area contributed by atoms with Gasteiger partial charge in [-0.15, -0.1) is 0 Å². The van der Waals surface area contributed by atoms with Gasteiger partial charge in [-0.25, -0.2) is 0 Å². The Labute approximate surface area is 116 Å². The molecule has 3 rings (SSSR count). The number of hydrogen-bond acceptors (Lipinski definition) is 3. The zero-order chi connectivity index (χ0) is 14.3. The molecular formula is C16H13NO3. The van der Waals surface area contributed by atoms with E-state index in [4.69, 9.17) is 0 Å². The molecule has 0 spiro atoms. The van der Waals surface area contributed by atoms with Crippen molar-refractivity contribution in [3.63, 3.8) is 0 Å². The van der Waals surface area contributed by atoms with Crippen LogP contribution in [-0.2, 0) is 10.4 Å². The third-order valence-corrected chi connectivity index (χ3v) is 3.55. The molecule has 0 saturated heterocycles. The van der Waals surface area contributed by atoms with Crippen molar-refractivity contribution < 1.29 is 14.7 Å². The summed E-state index contributed by atoms with van der Waals surface area (Å²) in [5.41, 5.74) is 0.726. The van der Waals surface area contributed by atoms with E-state index in [9.17, 15) is 14.7 Å². The Balaban J connectivity index is 2.19. The lowest BCUT2D eigenvalue weighted by Crippen LogP contribution is -2.35. The number of rotatable bonds is 2. The first-order chi connectivity index (χ1) is 9.55. The van der Waals surface area contributed by atoms with Crippen LogP contribution in [-0.4, -0.2) is 17.3 Å². The van der Waals surface area contributed by atoms with Crippen LogP contribution in [0.25, 0.3) is 0 Å². The fraction of sp³-hybridized carbons (Fsp3) is 0.125. The predicted molar refractivity (Wildman–Crippen MR) is 75.0 cm³/mol. The number of amides is 1. The minimum absolute atomic E-state index is 0.415. The maximum Gasteiger partial charge on any atom is 0.267 e. The summed E-state index contributed by atoms with van der Waals surface area (Å²) < 4.78 is 0. The second-order valence-corrected chi connectivity index (χ2v) is 4.94. The lowest BCUT2D eigenvalue weighted by molar-refractivity contribution is -0.133. The van der Waals surface area contributed by atoms with E-state index in [2.05, 4.69) is 0 Å². The van der Waals surface area contributed by atoms with E-state index in [0.717, 1.165) is 6.29 Å². The molecule has 1 unspecified atom stereocenters. The summed E-state index contributed by atoms with van der Waals surface area (Å²) >= 11 is 0. The summed E-state index contributed by atoms with van der Waals surface area (Å²) in [6.45, 7) is 1.48. The van der Waals surface area contributed by atoms with Gasteiger partial charge in [-0.2, -0.15) is 0 Å². The third kappa shape index (κ3) is 1.66. The van der Waals surface area contributed by atoms with Gasteiger partial charge in [0.25, 0.3) is 5.91 Å². The van der Waals surface area contributed by atoms with Gasteiger partial charge in [0, 0.05) is 16.8 Å². The molecule has 0 aliphatic carbocycles. The number of para-hydroxylation sites is 1. The molecule has 4 heteroatoms. The normalized spacial score (nSPS) is 20.9. The van der Waals surface area contributed by atoms with E-state index >= 15 is 0 Å². The highest BCUT2D eigenvalue weighted by molar-refractivity contribution is 6.11. The monoisotopic (exact) mass is 267 g/mol. The van der Waals surface area contributed by atoms with E-state index < -0.39 is 11.5 Å². The van der Waals surface area contributed by atoms with Crippen molar-refractivity contribution in [2.75, 3.05) is 4.90 Å². The Morgan fingerprint density at radius 3 is 2.65 bits per heavy atom. The maximum absolute atomic E-state index is 12.5. The lowest BCUT2D eigenvalue weighted by atomic mass is 9.98. The summed E-state index contributed by atoms with van der Waals surface area (Å²) in [6.07, 6.45) is 0.730. The summed E-state index contributed by atoms with van der Waals surface area (Å²) in [7, 11) is 0. The number of aldehydes is 1. The van der Waals surface area contributed by atoms with Crippen LogP contribution in [0.2, 0.25) is 0 Å². The number of hydrogen-bond donors (Lipinski definition) is 1. The van der Waals surface area contributed by atoms with Gasteiger partial charge < -0.3 is 5.11 Å². The van der Waals surface area contributed by atoms with Gasteiger partial charge in [-0.1, -0.05) is 30.3 Å². The Hall–Kier alpha value is -2.46. The van der Waals surface area contributed by atoms with Crippen LogP contribution in [0.5, 0.6) is 0 Å². The fourth-order valence-corrected chi connectivity index (χ4v) is 2.52. The minimum atomic E-state index is -1.55. The molecule has 0 aromatic heterocycles. The van der Waals surface area contributed by atoms with Crippen LogP contribution in [0.1, 0.15) is 22.8 Å². The molecule has 1 aliphatic rings. The number of aliphatic hydroxyl groups is 1. The molecule has 20 heavy (non-hydrogen) atoms. The topological polar surface area (TPSA) is 57.6 Å². The molecule has 0 fully saturated rings. The molecule has 1 amide bonds. The number of fused-ring (bicyclic) bond motifs is 1. The van der Waals surface area contributed by atoms with E-state index in [-0.39, 0.29) is 0 Å². The van der Waals surface area contributed by atoms with Crippen LogP contribution in [0.15, 0.2) is 48.5 Å². The van der Waals surface area contributed by atoms with Crippen molar-refractivity contribution in [3.8, 4) is 0 Å². The molecule has 1 atom stereocenters. The smallest absolute Gasteiger partial charge is 0.267 e. The number of nitrogens with zero attached hydrogens (tertiary/aromatic N) is 1. The zero-order valence-corrected chi connectivity index (χ0v) is 10.9. The van der Waals surface area contributed by atoms with Crippen LogP contribution in [0, 0.1) is 0 Å². The minimum Gasteiger partial charge on any atom is -0.375 e. The van der Waals surface area contributed by atoms with E-state index in [1.165, 1.54) is 11.8 Å². The molecule has 1 aliphatic heterocycles. The first-order valence-electron chi connectivity index (χ1n) is 6.27. The molecular weight excluding hydrogens is 254 g/mol. The van der Waals surface area contributed by atoms with E-state index in [1.807, 2.05) is 6.07 Å². The molecule has 2 aromatic carbocycles. The van der Waals surface area contributed by atoms with Crippen molar-refractivity contribution in [2.45, 2.75) is 12.5 Å². The number of benzene rings is 2. The summed E-state index contributed by atoms with van der Waals surface area (Å²) in [5.74, 6) is -0.415. The van der Waals surface area contributed by atoms with E-state index in [1.54, 1.807) is 42.5 Å². The maximum atomic E-state index is 12.5. The second-order valence-electron chi connectivity index (χ2n) is 4.94. The highest BCUT2D eigenvalue weighted by atomic mass is 16.3. The van der Waals surface area contributed by atoms with Crippen molar-refractivity contribution in [1.82, 2.24) is 0 Å². The van der Waals surface area contributed by atoms with Gasteiger partial charge in [0.15, 0.2) is 5.60 Å². The number of carbonyl (C=O) groups is 2. The van der Waals surface area contributed by atoms with Crippen molar-refractivity contribution >= 4 is 23.6 Å². The van der Waals surface area contributed by atoms with Crippen LogP contribution in [0.3, 0.4) is 0 Å². The molecule has 0 bridgehead atoms. The van der Waals surface area contributed by atoms with Gasteiger partial charge >= 0.3 is 0 Å².